The van der Waals surface area contributed by atoms with Gasteiger partial charge in [-0.3, -0.25) is 4.79 Å². The Hall–Kier alpha value is -3.42. The summed E-state index contributed by atoms with van der Waals surface area (Å²) in [4.78, 5) is 25.8. The first-order chi connectivity index (χ1) is 13.3. The van der Waals surface area contributed by atoms with E-state index in [1.807, 2.05) is 35.2 Å². The van der Waals surface area contributed by atoms with E-state index in [4.69, 9.17) is 4.42 Å². The van der Waals surface area contributed by atoms with Crippen LogP contribution in [0.1, 0.15) is 16.9 Å². The van der Waals surface area contributed by atoms with Gasteiger partial charge in [0.25, 0.3) is 11.9 Å². The van der Waals surface area contributed by atoms with Gasteiger partial charge in [-0.05, 0) is 30.7 Å². The molecule has 0 spiro atoms. The lowest BCUT2D eigenvalue weighted by Gasteiger charge is -2.20. The highest BCUT2D eigenvalue weighted by Crippen LogP contribution is 2.23. The molecule has 3 aromatic heterocycles. The van der Waals surface area contributed by atoms with Gasteiger partial charge in [-0.1, -0.05) is 12.1 Å². The van der Waals surface area contributed by atoms with Gasteiger partial charge in [0.05, 0.1) is 6.20 Å². The van der Waals surface area contributed by atoms with E-state index in [2.05, 4.69) is 20.0 Å². The van der Waals surface area contributed by atoms with Gasteiger partial charge in [0.15, 0.2) is 16.9 Å². The summed E-state index contributed by atoms with van der Waals surface area (Å²) in [6.07, 6.45) is 4.09. The van der Waals surface area contributed by atoms with Crippen LogP contribution in [0.5, 0.6) is 0 Å². The van der Waals surface area contributed by atoms with Gasteiger partial charge in [0.2, 0.25) is 0 Å². The third kappa shape index (κ3) is 2.79. The lowest BCUT2D eigenvalue weighted by molar-refractivity contribution is 0.0758. The minimum atomic E-state index is -0.0550. The molecule has 1 aliphatic rings. The zero-order valence-corrected chi connectivity index (χ0v) is 14.7. The Labute approximate surface area is 155 Å². The number of hydrogen-bond acceptors (Lipinski definition) is 6. The number of rotatable bonds is 2. The number of nitrogens with zero attached hydrogens (tertiary/aromatic N) is 6. The first-order valence-corrected chi connectivity index (χ1v) is 8.98. The van der Waals surface area contributed by atoms with Crippen LogP contribution in [0.2, 0.25) is 0 Å². The zero-order chi connectivity index (χ0) is 18.2. The van der Waals surface area contributed by atoms with Gasteiger partial charge in [-0.25, -0.2) is 9.50 Å². The molecule has 1 saturated heterocycles. The number of oxazole rings is 1. The topological polar surface area (TPSA) is 79.8 Å². The highest BCUT2D eigenvalue weighted by Gasteiger charge is 2.25. The van der Waals surface area contributed by atoms with Crippen LogP contribution < -0.4 is 4.90 Å². The highest BCUT2D eigenvalue weighted by molar-refractivity contribution is 5.93. The number of hydrogen-bond donors (Lipinski definition) is 0. The summed E-state index contributed by atoms with van der Waals surface area (Å²) in [5.41, 5.74) is 2.78. The van der Waals surface area contributed by atoms with Gasteiger partial charge in [0.1, 0.15) is 5.52 Å². The second-order valence-electron chi connectivity index (χ2n) is 6.53. The summed E-state index contributed by atoms with van der Waals surface area (Å²) in [5.74, 6) is -0.0550. The number of aromatic nitrogens is 4. The number of para-hydroxylation sites is 2. The average molecular weight is 362 g/mol. The van der Waals surface area contributed by atoms with E-state index in [-0.39, 0.29) is 5.91 Å². The van der Waals surface area contributed by atoms with Crippen molar-refractivity contribution >= 4 is 28.7 Å². The van der Waals surface area contributed by atoms with Crippen LogP contribution in [0.3, 0.4) is 0 Å². The molecule has 1 fully saturated rings. The van der Waals surface area contributed by atoms with E-state index in [1.54, 1.807) is 23.0 Å². The Morgan fingerprint density at radius 2 is 1.96 bits per heavy atom. The van der Waals surface area contributed by atoms with Crippen LogP contribution in [0.4, 0.5) is 6.01 Å². The molecule has 0 radical (unpaired) electrons. The Kier molecular flexibility index (Phi) is 3.74. The molecule has 8 nitrogen and oxygen atoms in total. The molecule has 136 valence electrons. The summed E-state index contributed by atoms with van der Waals surface area (Å²) in [6, 6.07) is 12.0. The van der Waals surface area contributed by atoms with Crippen molar-refractivity contribution in [3.8, 4) is 0 Å². The largest absolute Gasteiger partial charge is 0.423 e. The van der Waals surface area contributed by atoms with Gasteiger partial charge >= 0.3 is 0 Å². The van der Waals surface area contributed by atoms with Gasteiger partial charge in [0, 0.05) is 32.4 Å². The molecular formula is C19H18N6O2. The van der Waals surface area contributed by atoms with Crippen molar-refractivity contribution < 1.29 is 9.21 Å². The second kappa shape index (κ2) is 6.39. The minimum absolute atomic E-state index is 0.0550. The minimum Gasteiger partial charge on any atom is -0.423 e. The lowest BCUT2D eigenvalue weighted by Crippen LogP contribution is -2.36. The van der Waals surface area contributed by atoms with Crippen LogP contribution in [-0.2, 0) is 0 Å². The van der Waals surface area contributed by atoms with Crippen molar-refractivity contribution in [2.45, 2.75) is 6.42 Å². The summed E-state index contributed by atoms with van der Waals surface area (Å²) in [5, 5.41) is 4.24. The smallest absolute Gasteiger partial charge is 0.298 e. The monoisotopic (exact) mass is 362 g/mol. The molecule has 4 heterocycles. The van der Waals surface area contributed by atoms with Crippen molar-refractivity contribution in [1.82, 2.24) is 24.5 Å². The predicted molar refractivity (Wildman–Crippen MR) is 99.7 cm³/mol. The van der Waals surface area contributed by atoms with Gasteiger partial charge in [-0.2, -0.15) is 10.1 Å². The Morgan fingerprint density at radius 3 is 2.89 bits per heavy atom. The molecule has 1 aliphatic heterocycles. The zero-order valence-electron chi connectivity index (χ0n) is 14.7. The van der Waals surface area contributed by atoms with E-state index < -0.39 is 0 Å². The summed E-state index contributed by atoms with van der Waals surface area (Å²) in [7, 11) is 0. The molecule has 0 aliphatic carbocycles. The molecular weight excluding hydrogens is 344 g/mol. The van der Waals surface area contributed by atoms with E-state index in [1.165, 1.54) is 0 Å². The number of amides is 1. The molecule has 0 unspecified atom stereocenters. The fourth-order valence-corrected chi connectivity index (χ4v) is 3.44. The van der Waals surface area contributed by atoms with Crippen molar-refractivity contribution in [1.29, 1.82) is 0 Å². The maximum Gasteiger partial charge on any atom is 0.298 e. The third-order valence-electron chi connectivity index (χ3n) is 4.83. The number of benzene rings is 1. The van der Waals surface area contributed by atoms with Crippen molar-refractivity contribution in [2.75, 3.05) is 31.1 Å². The van der Waals surface area contributed by atoms with E-state index in [0.717, 1.165) is 24.1 Å². The third-order valence-corrected chi connectivity index (χ3v) is 4.83. The lowest BCUT2D eigenvalue weighted by atomic mass is 10.3. The summed E-state index contributed by atoms with van der Waals surface area (Å²) in [6.45, 7) is 2.73. The molecule has 27 heavy (non-hydrogen) atoms. The van der Waals surface area contributed by atoms with E-state index in [0.29, 0.717) is 37.0 Å². The van der Waals surface area contributed by atoms with Crippen molar-refractivity contribution in [3.05, 3.63) is 54.5 Å². The van der Waals surface area contributed by atoms with Crippen LogP contribution in [0, 0.1) is 0 Å². The van der Waals surface area contributed by atoms with Crippen LogP contribution in [0.25, 0.3) is 16.7 Å². The van der Waals surface area contributed by atoms with Crippen molar-refractivity contribution in [2.24, 2.45) is 0 Å². The fourth-order valence-electron chi connectivity index (χ4n) is 3.44. The molecule has 4 aromatic rings. The van der Waals surface area contributed by atoms with Gasteiger partial charge < -0.3 is 14.2 Å². The van der Waals surface area contributed by atoms with Crippen LogP contribution in [0.15, 0.2) is 53.2 Å². The first kappa shape index (κ1) is 15.8. The van der Waals surface area contributed by atoms with E-state index in [9.17, 15) is 4.79 Å². The number of carbonyl (C=O) groups excluding carboxylic acids is 1. The Bertz CT molecular complexity index is 1080. The number of carbonyl (C=O) groups is 1. The average Bonchev–Trinajstić information content (AvgIpc) is 3.24. The molecule has 0 bridgehead atoms. The normalized spacial score (nSPS) is 15.4. The quantitative estimate of drug-likeness (QED) is 0.544. The van der Waals surface area contributed by atoms with E-state index >= 15 is 0 Å². The van der Waals surface area contributed by atoms with Crippen molar-refractivity contribution in [3.63, 3.8) is 0 Å². The van der Waals surface area contributed by atoms with Gasteiger partial charge in [-0.15, -0.1) is 0 Å². The summed E-state index contributed by atoms with van der Waals surface area (Å²) < 4.78 is 7.47. The first-order valence-electron chi connectivity index (χ1n) is 8.98. The Balaban J connectivity index is 1.35. The second-order valence-corrected chi connectivity index (χ2v) is 6.53. The standard InChI is InChI=1S/C19H18N6O2/c26-18(15-13-20-17-7-3-8-21-25(15)17)23-9-4-10-24(12-11-23)19-22-14-5-1-2-6-16(14)27-19/h1-3,5-8,13H,4,9-12H2. The number of anilines is 1. The number of fused-ring (bicyclic) bond motifs is 2. The maximum atomic E-state index is 13.0. The molecule has 0 atom stereocenters. The highest BCUT2D eigenvalue weighted by atomic mass is 16.4. The molecule has 0 saturated carbocycles. The molecule has 0 N–H and O–H groups in total. The summed E-state index contributed by atoms with van der Waals surface area (Å²) >= 11 is 0. The molecule has 5 rings (SSSR count). The Morgan fingerprint density at radius 1 is 1.04 bits per heavy atom. The van der Waals surface area contributed by atoms with Crippen LogP contribution >= 0.6 is 0 Å². The SMILES string of the molecule is O=C(c1cnc2cccnn12)N1CCCN(c2nc3ccccc3o2)CC1. The number of imidazole rings is 1. The molecule has 1 amide bonds. The van der Waals surface area contributed by atoms with Crippen LogP contribution in [-0.4, -0.2) is 56.6 Å². The predicted octanol–water partition coefficient (Wildman–Crippen LogP) is 2.22. The molecule has 8 heteroatoms. The molecule has 1 aromatic carbocycles. The fraction of sp³-hybridized carbons (Fsp3) is 0.263. The maximum absolute atomic E-state index is 13.0.